The number of thiol groups is 1. The van der Waals surface area contributed by atoms with Crippen LogP contribution in [0.2, 0.25) is 0 Å². The highest BCUT2D eigenvalue weighted by Gasteiger charge is 1.72. The van der Waals surface area contributed by atoms with Gasteiger partial charge in [-0.15, -0.1) is 0 Å². The fourth-order valence-electron chi connectivity index (χ4n) is 0.183. The van der Waals surface area contributed by atoms with Crippen LogP contribution in [0.1, 0.15) is 6.42 Å². The lowest BCUT2D eigenvalue weighted by molar-refractivity contribution is 0.954. The molecule has 0 heterocycles. The second kappa shape index (κ2) is 5.02. The van der Waals surface area contributed by atoms with Crippen molar-refractivity contribution in [1.29, 1.82) is 0 Å². The van der Waals surface area contributed by atoms with Crippen LogP contribution in [0.5, 0.6) is 0 Å². The summed E-state index contributed by atoms with van der Waals surface area (Å²) in [6.45, 7) is 4.16. The highest BCUT2D eigenvalue weighted by atomic mass is 32.1. The second-order valence-corrected chi connectivity index (χ2v) is 1.47. The highest BCUT2D eigenvalue weighted by molar-refractivity contribution is 7.80. The molecule has 36 valence electrons. The predicted octanol–water partition coefficient (Wildman–Crippen LogP) is 1.01. The summed E-state index contributed by atoms with van der Waals surface area (Å²) >= 11 is 3.97. The quantitative estimate of drug-likeness (QED) is 0.311. The van der Waals surface area contributed by atoms with E-state index in [9.17, 15) is 0 Å². The van der Waals surface area contributed by atoms with Gasteiger partial charge in [0.15, 0.2) is 0 Å². The van der Waals surface area contributed by atoms with Crippen LogP contribution in [0, 0.1) is 0 Å². The van der Waals surface area contributed by atoms with Crippen molar-refractivity contribution in [3.05, 3.63) is 0 Å². The van der Waals surface area contributed by atoms with Crippen LogP contribution in [0.25, 0.3) is 0 Å². The molecule has 0 aliphatic rings. The van der Waals surface area contributed by atoms with E-state index in [2.05, 4.69) is 24.3 Å². The van der Waals surface area contributed by atoms with E-state index in [0.717, 1.165) is 18.7 Å². The molecule has 0 N–H and O–H groups in total. The van der Waals surface area contributed by atoms with E-state index >= 15 is 0 Å². The summed E-state index contributed by atoms with van der Waals surface area (Å²) in [5.74, 6) is 0.916. The van der Waals surface area contributed by atoms with Gasteiger partial charge in [0.25, 0.3) is 0 Å². The maximum atomic E-state index is 3.97. The molecule has 2 heteroatoms. The zero-order valence-electron chi connectivity index (χ0n) is 3.72. The van der Waals surface area contributed by atoms with Crippen molar-refractivity contribution in [1.82, 2.24) is 0 Å². The number of nitrogens with zero attached hydrogens (tertiary/aromatic N) is 1. The van der Waals surface area contributed by atoms with Crippen molar-refractivity contribution < 1.29 is 0 Å². The number of hydrogen-bond donors (Lipinski definition) is 1. The molecule has 0 radical (unpaired) electrons. The van der Waals surface area contributed by atoms with Gasteiger partial charge >= 0.3 is 0 Å². The van der Waals surface area contributed by atoms with Gasteiger partial charge in [-0.2, -0.15) is 12.6 Å². The minimum Gasteiger partial charge on any atom is -0.301 e. The highest BCUT2D eigenvalue weighted by Crippen LogP contribution is 1.81. The molecule has 0 spiro atoms. The molecule has 0 fully saturated rings. The number of aliphatic imine (C=N–C) groups is 1. The summed E-state index contributed by atoms with van der Waals surface area (Å²) in [4.78, 5) is 3.63. The van der Waals surface area contributed by atoms with Gasteiger partial charge in [0.1, 0.15) is 0 Å². The molecule has 0 aromatic heterocycles. The third kappa shape index (κ3) is 4.02. The van der Waals surface area contributed by atoms with Crippen molar-refractivity contribution in [2.45, 2.75) is 6.42 Å². The average molecular weight is 103 g/mol. The average Bonchev–Trinajstić information content (AvgIpc) is 1.61. The van der Waals surface area contributed by atoms with E-state index in [0.29, 0.717) is 0 Å². The van der Waals surface area contributed by atoms with Gasteiger partial charge in [-0.1, -0.05) is 0 Å². The zero-order valence-corrected chi connectivity index (χ0v) is 4.62. The monoisotopic (exact) mass is 103 g/mol. The van der Waals surface area contributed by atoms with E-state index in [-0.39, 0.29) is 0 Å². The van der Waals surface area contributed by atoms with E-state index in [1.807, 2.05) is 0 Å². The standard InChI is InChI=1S/C4H9NS/c1-5-3-2-4-6/h6H,1-4H2. The molecule has 0 aromatic rings. The van der Waals surface area contributed by atoms with Gasteiger partial charge in [0.05, 0.1) is 0 Å². The molecular weight excluding hydrogens is 94.1 g/mol. The third-order valence-corrected chi connectivity index (χ3v) is 0.791. The van der Waals surface area contributed by atoms with Crippen LogP contribution in [0.3, 0.4) is 0 Å². The van der Waals surface area contributed by atoms with Crippen molar-refractivity contribution in [3.63, 3.8) is 0 Å². The first-order valence-corrected chi connectivity index (χ1v) is 2.58. The van der Waals surface area contributed by atoms with E-state index < -0.39 is 0 Å². The van der Waals surface area contributed by atoms with Crippen LogP contribution in [-0.4, -0.2) is 19.0 Å². The Balaban J connectivity index is 2.49. The summed E-state index contributed by atoms with van der Waals surface area (Å²) in [5, 5.41) is 0. The van der Waals surface area contributed by atoms with Gasteiger partial charge < -0.3 is 4.99 Å². The lowest BCUT2D eigenvalue weighted by atomic mass is 10.5. The van der Waals surface area contributed by atoms with Crippen LogP contribution >= 0.6 is 12.6 Å². The number of rotatable bonds is 3. The van der Waals surface area contributed by atoms with E-state index in [1.54, 1.807) is 0 Å². The van der Waals surface area contributed by atoms with Crippen LogP contribution in [-0.2, 0) is 0 Å². The van der Waals surface area contributed by atoms with Gasteiger partial charge in [0.2, 0.25) is 0 Å². The summed E-state index contributed by atoms with van der Waals surface area (Å²) in [6, 6.07) is 0. The SMILES string of the molecule is C=NCCCS. The Bertz CT molecular complexity index is 36.5. The fraction of sp³-hybridized carbons (Fsp3) is 0.750. The Morgan fingerprint density at radius 1 is 1.67 bits per heavy atom. The summed E-state index contributed by atoms with van der Waals surface area (Å²) in [6.07, 6.45) is 1.05. The first-order valence-electron chi connectivity index (χ1n) is 1.95. The van der Waals surface area contributed by atoms with Crippen LogP contribution in [0.4, 0.5) is 0 Å². The molecule has 0 amide bonds. The Kier molecular flexibility index (Phi) is 5.04. The summed E-state index contributed by atoms with van der Waals surface area (Å²) in [5.41, 5.74) is 0. The molecule has 0 unspecified atom stereocenters. The first-order chi connectivity index (χ1) is 2.91. The van der Waals surface area contributed by atoms with Crippen molar-refractivity contribution in [2.75, 3.05) is 12.3 Å². The Morgan fingerprint density at radius 2 is 2.33 bits per heavy atom. The molecule has 0 aromatic carbocycles. The third-order valence-electron chi connectivity index (χ3n) is 0.474. The Labute approximate surface area is 43.9 Å². The van der Waals surface area contributed by atoms with Gasteiger partial charge in [-0.05, 0) is 18.9 Å². The zero-order chi connectivity index (χ0) is 4.83. The second-order valence-electron chi connectivity index (χ2n) is 1.02. The predicted molar refractivity (Wildman–Crippen MR) is 32.9 cm³/mol. The van der Waals surface area contributed by atoms with Crippen molar-refractivity contribution in [3.8, 4) is 0 Å². The molecule has 0 saturated carbocycles. The molecule has 0 saturated heterocycles. The molecule has 0 aliphatic heterocycles. The van der Waals surface area contributed by atoms with E-state index in [1.165, 1.54) is 0 Å². The lowest BCUT2D eigenvalue weighted by Gasteiger charge is -1.82. The van der Waals surface area contributed by atoms with Gasteiger partial charge in [0, 0.05) is 6.54 Å². The Morgan fingerprint density at radius 3 is 2.50 bits per heavy atom. The lowest BCUT2D eigenvalue weighted by Crippen LogP contribution is -1.77. The van der Waals surface area contributed by atoms with Crippen LogP contribution < -0.4 is 0 Å². The molecule has 0 bridgehead atoms. The molecule has 0 rings (SSSR count). The smallest absolute Gasteiger partial charge is 0.0389 e. The van der Waals surface area contributed by atoms with Gasteiger partial charge in [-0.25, -0.2) is 0 Å². The Hall–Kier alpha value is 0.0200. The molecule has 0 aliphatic carbocycles. The largest absolute Gasteiger partial charge is 0.301 e. The molecule has 1 nitrogen and oxygen atoms in total. The topological polar surface area (TPSA) is 12.4 Å². The van der Waals surface area contributed by atoms with Crippen molar-refractivity contribution >= 4 is 19.3 Å². The normalized spacial score (nSPS) is 8.17. The minimum atomic E-state index is 0.851. The fourth-order valence-corrected chi connectivity index (χ4v) is 0.324. The van der Waals surface area contributed by atoms with E-state index in [4.69, 9.17) is 0 Å². The maximum Gasteiger partial charge on any atom is 0.0389 e. The minimum absolute atomic E-state index is 0.851. The van der Waals surface area contributed by atoms with Crippen LogP contribution in [0.15, 0.2) is 4.99 Å². The number of hydrogen-bond acceptors (Lipinski definition) is 2. The van der Waals surface area contributed by atoms with Gasteiger partial charge in [-0.3, -0.25) is 0 Å². The molecule has 0 atom stereocenters. The molecule has 6 heavy (non-hydrogen) atoms. The first kappa shape index (κ1) is 6.02. The summed E-state index contributed by atoms with van der Waals surface area (Å²) in [7, 11) is 0. The molecular formula is C4H9NS. The van der Waals surface area contributed by atoms with Crippen molar-refractivity contribution in [2.24, 2.45) is 4.99 Å². The summed E-state index contributed by atoms with van der Waals surface area (Å²) < 4.78 is 0. The maximum absolute atomic E-state index is 3.97.